The minimum Gasteiger partial charge on any atom is -0.317 e. The van der Waals surface area contributed by atoms with Crippen LogP contribution >= 0.6 is 27.7 Å². The monoisotopic (exact) mass is 325 g/mol. The van der Waals surface area contributed by atoms with Crippen molar-refractivity contribution in [3.05, 3.63) is 28.2 Å². The first-order valence-electron chi connectivity index (χ1n) is 6.97. The van der Waals surface area contributed by atoms with Gasteiger partial charge in [-0.3, -0.25) is 0 Å². The molecule has 1 nitrogen and oxygen atoms in total. The van der Waals surface area contributed by atoms with Crippen molar-refractivity contribution in [2.24, 2.45) is 5.92 Å². The lowest BCUT2D eigenvalue weighted by Crippen LogP contribution is -2.28. The Bertz CT molecular complexity index is 411. The minimum absolute atomic E-state index is 0.875. The maximum absolute atomic E-state index is 3.74. The van der Waals surface area contributed by atoms with Crippen molar-refractivity contribution >= 4 is 27.7 Å². The van der Waals surface area contributed by atoms with Crippen LogP contribution in [-0.2, 0) is 6.42 Å². The molecule has 2 fully saturated rings. The molecular formula is C15H20BrNS. The summed E-state index contributed by atoms with van der Waals surface area (Å²) < 4.78 is 1.30. The molecule has 0 spiro atoms. The summed E-state index contributed by atoms with van der Waals surface area (Å²) in [5.41, 5.74) is 1.49. The molecule has 0 aromatic heterocycles. The number of hydrogen-bond donors (Lipinski definition) is 1. The van der Waals surface area contributed by atoms with Gasteiger partial charge < -0.3 is 5.32 Å². The van der Waals surface area contributed by atoms with Crippen LogP contribution in [0.4, 0.5) is 0 Å². The largest absolute Gasteiger partial charge is 0.317 e. The second-order valence-electron chi connectivity index (χ2n) is 5.48. The highest BCUT2D eigenvalue weighted by atomic mass is 79.9. The Balaban J connectivity index is 1.63. The first-order chi connectivity index (χ1) is 8.81. The van der Waals surface area contributed by atoms with E-state index in [0.717, 1.165) is 11.2 Å². The molecule has 0 amide bonds. The van der Waals surface area contributed by atoms with Gasteiger partial charge >= 0.3 is 0 Å². The second kappa shape index (κ2) is 5.98. The van der Waals surface area contributed by atoms with Crippen LogP contribution in [0.25, 0.3) is 0 Å². The number of rotatable bonds is 4. The van der Waals surface area contributed by atoms with Gasteiger partial charge in [0.05, 0.1) is 0 Å². The molecule has 1 heterocycles. The average molecular weight is 326 g/mol. The van der Waals surface area contributed by atoms with Crippen LogP contribution in [-0.4, -0.2) is 18.3 Å². The third-order valence-corrected chi connectivity index (χ3v) is 6.13. The fourth-order valence-corrected chi connectivity index (χ4v) is 4.31. The van der Waals surface area contributed by atoms with Crippen LogP contribution in [0.1, 0.15) is 31.2 Å². The van der Waals surface area contributed by atoms with E-state index >= 15 is 0 Å². The summed E-state index contributed by atoms with van der Waals surface area (Å²) in [4.78, 5) is 1.42. The maximum atomic E-state index is 3.74. The molecule has 1 N–H and O–H groups in total. The molecule has 0 atom stereocenters. The van der Waals surface area contributed by atoms with E-state index < -0.39 is 0 Å². The van der Waals surface area contributed by atoms with Crippen LogP contribution in [0.3, 0.4) is 0 Å². The molecule has 1 aliphatic carbocycles. The molecule has 3 heteroatoms. The lowest BCUT2D eigenvalue weighted by atomic mass is 9.91. The Morgan fingerprint density at radius 1 is 1.17 bits per heavy atom. The molecule has 1 aromatic rings. The van der Waals surface area contributed by atoms with E-state index in [2.05, 4.69) is 39.4 Å². The Morgan fingerprint density at radius 2 is 1.94 bits per heavy atom. The third kappa shape index (κ3) is 3.52. The standard InChI is InChI=1S/C15H20BrNS/c16-14-10-12(9-11-5-7-17-8-6-11)1-4-15(14)18-13-2-3-13/h1,4,10-11,13,17H,2-3,5-9H2. The molecule has 18 heavy (non-hydrogen) atoms. The Labute approximate surface area is 122 Å². The lowest BCUT2D eigenvalue weighted by Gasteiger charge is -2.22. The van der Waals surface area contributed by atoms with Crippen LogP contribution in [0.5, 0.6) is 0 Å². The van der Waals surface area contributed by atoms with Gasteiger partial charge in [-0.05, 0) is 84.7 Å². The zero-order valence-corrected chi connectivity index (χ0v) is 13.0. The Morgan fingerprint density at radius 3 is 2.61 bits per heavy atom. The number of piperidine rings is 1. The summed E-state index contributed by atoms with van der Waals surface area (Å²) in [5, 5.41) is 4.32. The molecule has 2 aliphatic rings. The van der Waals surface area contributed by atoms with Gasteiger partial charge in [-0.25, -0.2) is 0 Å². The van der Waals surface area contributed by atoms with E-state index in [1.54, 1.807) is 0 Å². The van der Waals surface area contributed by atoms with E-state index in [-0.39, 0.29) is 0 Å². The first kappa shape index (κ1) is 13.0. The SMILES string of the molecule is Brc1cc(CC2CCNCC2)ccc1SC1CC1. The van der Waals surface area contributed by atoms with Crippen LogP contribution < -0.4 is 5.32 Å². The van der Waals surface area contributed by atoms with E-state index in [1.807, 2.05) is 11.8 Å². The van der Waals surface area contributed by atoms with Gasteiger partial charge in [0.2, 0.25) is 0 Å². The Kier molecular flexibility index (Phi) is 4.32. The van der Waals surface area contributed by atoms with Crippen molar-refractivity contribution in [2.75, 3.05) is 13.1 Å². The van der Waals surface area contributed by atoms with Gasteiger partial charge in [-0.15, -0.1) is 11.8 Å². The molecular weight excluding hydrogens is 306 g/mol. The van der Waals surface area contributed by atoms with Crippen LogP contribution in [0.2, 0.25) is 0 Å². The van der Waals surface area contributed by atoms with Crippen molar-refractivity contribution in [3.8, 4) is 0 Å². The lowest BCUT2D eigenvalue weighted by molar-refractivity contribution is 0.372. The highest BCUT2D eigenvalue weighted by Gasteiger charge is 2.23. The van der Waals surface area contributed by atoms with E-state index in [1.165, 1.54) is 60.1 Å². The van der Waals surface area contributed by atoms with Crippen molar-refractivity contribution in [1.82, 2.24) is 5.32 Å². The number of hydrogen-bond acceptors (Lipinski definition) is 2. The summed E-state index contributed by atoms with van der Waals surface area (Å²) in [6.07, 6.45) is 6.70. The molecule has 1 aromatic carbocycles. The fraction of sp³-hybridized carbons (Fsp3) is 0.600. The summed E-state index contributed by atoms with van der Waals surface area (Å²) in [6.45, 7) is 2.39. The quantitative estimate of drug-likeness (QED) is 0.888. The third-order valence-electron chi connectivity index (χ3n) is 3.80. The van der Waals surface area contributed by atoms with Crippen LogP contribution in [0.15, 0.2) is 27.6 Å². The highest BCUT2D eigenvalue weighted by Crippen LogP contribution is 2.42. The van der Waals surface area contributed by atoms with Gasteiger partial charge in [0.1, 0.15) is 0 Å². The van der Waals surface area contributed by atoms with Gasteiger partial charge in [-0.1, -0.05) is 6.07 Å². The number of benzene rings is 1. The topological polar surface area (TPSA) is 12.0 Å². The highest BCUT2D eigenvalue weighted by molar-refractivity contribution is 9.10. The summed E-state index contributed by atoms with van der Waals surface area (Å²) in [5.74, 6) is 0.875. The van der Waals surface area contributed by atoms with E-state index in [0.29, 0.717) is 0 Å². The smallest absolute Gasteiger partial charge is 0.0314 e. The van der Waals surface area contributed by atoms with Crippen molar-refractivity contribution in [3.63, 3.8) is 0 Å². The normalized spacial score (nSPS) is 21.2. The first-order valence-corrected chi connectivity index (χ1v) is 8.64. The summed E-state index contributed by atoms with van der Waals surface area (Å²) >= 11 is 5.77. The maximum Gasteiger partial charge on any atom is 0.0314 e. The molecule has 0 bridgehead atoms. The number of halogens is 1. The molecule has 1 saturated heterocycles. The molecule has 0 radical (unpaired) electrons. The molecule has 1 aliphatic heterocycles. The number of thioether (sulfide) groups is 1. The Hall–Kier alpha value is 0.01000. The zero-order valence-electron chi connectivity index (χ0n) is 10.6. The second-order valence-corrected chi connectivity index (χ2v) is 7.68. The predicted molar refractivity (Wildman–Crippen MR) is 82.3 cm³/mol. The van der Waals surface area contributed by atoms with E-state index in [4.69, 9.17) is 0 Å². The zero-order chi connectivity index (χ0) is 12.4. The van der Waals surface area contributed by atoms with Gasteiger partial charge in [0.15, 0.2) is 0 Å². The molecule has 0 unspecified atom stereocenters. The van der Waals surface area contributed by atoms with Gasteiger partial charge in [0.25, 0.3) is 0 Å². The van der Waals surface area contributed by atoms with E-state index in [9.17, 15) is 0 Å². The predicted octanol–water partition coefficient (Wildman–Crippen LogP) is 4.25. The van der Waals surface area contributed by atoms with Crippen molar-refractivity contribution in [1.29, 1.82) is 0 Å². The molecule has 98 valence electrons. The average Bonchev–Trinajstić information content (AvgIpc) is 3.18. The molecule has 1 saturated carbocycles. The van der Waals surface area contributed by atoms with Crippen molar-refractivity contribution in [2.45, 2.75) is 42.2 Å². The minimum atomic E-state index is 0.875. The van der Waals surface area contributed by atoms with Crippen LogP contribution in [0, 0.1) is 5.92 Å². The number of nitrogens with one attached hydrogen (secondary N) is 1. The van der Waals surface area contributed by atoms with Crippen molar-refractivity contribution < 1.29 is 0 Å². The summed E-state index contributed by atoms with van der Waals surface area (Å²) in [7, 11) is 0. The fourth-order valence-electron chi connectivity index (χ4n) is 2.55. The summed E-state index contributed by atoms with van der Waals surface area (Å²) in [6, 6.07) is 6.98. The molecule has 3 rings (SSSR count). The van der Waals surface area contributed by atoms with Gasteiger partial charge in [-0.2, -0.15) is 0 Å². The van der Waals surface area contributed by atoms with Gasteiger partial charge in [0, 0.05) is 14.6 Å².